The number of pyridine rings is 1. The molecule has 0 radical (unpaired) electrons. The number of fused-ring (bicyclic) bond motifs is 1. The van der Waals surface area contributed by atoms with Crippen LogP contribution in [0.3, 0.4) is 0 Å². The molecule has 0 bridgehead atoms. The number of aryl methyl sites for hydroxylation is 1. The van der Waals surface area contributed by atoms with Crippen LogP contribution in [-0.4, -0.2) is 36.0 Å². The molecule has 39 heavy (non-hydrogen) atoms. The summed E-state index contributed by atoms with van der Waals surface area (Å²) in [5, 5.41) is 9.38. The van der Waals surface area contributed by atoms with Gasteiger partial charge in [-0.15, -0.1) is 5.10 Å². The molecule has 9 heteroatoms. The van der Waals surface area contributed by atoms with Gasteiger partial charge in [-0.05, 0) is 67.4 Å². The predicted molar refractivity (Wildman–Crippen MR) is 153 cm³/mol. The van der Waals surface area contributed by atoms with E-state index in [4.69, 9.17) is 9.84 Å². The van der Waals surface area contributed by atoms with Crippen LogP contribution in [0, 0.1) is 6.92 Å². The molecule has 0 amide bonds. The second kappa shape index (κ2) is 10.6. The summed E-state index contributed by atoms with van der Waals surface area (Å²) in [7, 11) is 0. The molecule has 0 N–H and O–H groups in total. The lowest BCUT2D eigenvalue weighted by Gasteiger charge is -2.09. The highest BCUT2D eigenvalue weighted by Gasteiger charge is 2.16. The van der Waals surface area contributed by atoms with Crippen molar-refractivity contribution in [3.63, 3.8) is 0 Å². The number of hydrogen-bond acceptors (Lipinski definition) is 7. The molecule has 0 fully saturated rings. The Morgan fingerprint density at radius 2 is 1.92 bits per heavy atom. The SMILES string of the molecule is CCCCOc1ccc(-c2nn(-c3ccccc3)cc2C=c2sc3nc(-c4cccnc4)nn3c2=O)c(C)c1. The number of aromatic nitrogens is 6. The second-order valence-corrected chi connectivity index (χ2v) is 10.2. The van der Waals surface area contributed by atoms with Crippen LogP contribution in [0.1, 0.15) is 30.9 Å². The van der Waals surface area contributed by atoms with E-state index in [1.54, 1.807) is 12.4 Å². The lowest BCUT2D eigenvalue weighted by molar-refractivity contribution is 0.309. The summed E-state index contributed by atoms with van der Waals surface area (Å²) < 4.78 is 9.64. The highest BCUT2D eigenvalue weighted by atomic mass is 32.1. The van der Waals surface area contributed by atoms with Crippen molar-refractivity contribution in [3.8, 4) is 34.1 Å². The van der Waals surface area contributed by atoms with Gasteiger partial charge < -0.3 is 4.74 Å². The topological polar surface area (TPSA) is 87.2 Å². The summed E-state index contributed by atoms with van der Waals surface area (Å²) in [6.07, 6.45) is 9.30. The van der Waals surface area contributed by atoms with Crippen molar-refractivity contribution in [2.75, 3.05) is 6.61 Å². The number of rotatable bonds is 8. The molecule has 0 atom stereocenters. The lowest BCUT2D eigenvalue weighted by Crippen LogP contribution is -2.23. The Balaban J connectivity index is 1.44. The average Bonchev–Trinajstić information content (AvgIpc) is 3.65. The molecule has 6 aromatic rings. The van der Waals surface area contributed by atoms with Gasteiger partial charge in [-0.25, -0.2) is 4.68 Å². The Morgan fingerprint density at radius 1 is 1.05 bits per heavy atom. The molecular formula is C30H26N6O2S. The summed E-state index contributed by atoms with van der Waals surface area (Å²) >= 11 is 1.30. The third-order valence-corrected chi connectivity index (χ3v) is 7.33. The average molecular weight is 535 g/mol. The molecule has 0 saturated heterocycles. The molecule has 0 unspecified atom stereocenters. The van der Waals surface area contributed by atoms with Crippen molar-refractivity contribution in [1.29, 1.82) is 0 Å². The van der Waals surface area contributed by atoms with E-state index in [2.05, 4.69) is 28.9 Å². The number of benzene rings is 2. The summed E-state index contributed by atoms with van der Waals surface area (Å²) in [5.41, 5.74) is 5.12. The first-order valence-corrected chi connectivity index (χ1v) is 13.6. The third kappa shape index (κ3) is 4.96. The van der Waals surface area contributed by atoms with Crippen LogP contribution < -0.4 is 14.8 Å². The third-order valence-electron chi connectivity index (χ3n) is 6.37. The Hall–Kier alpha value is -4.63. The van der Waals surface area contributed by atoms with Crippen molar-refractivity contribution >= 4 is 22.4 Å². The van der Waals surface area contributed by atoms with Crippen molar-refractivity contribution in [2.24, 2.45) is 0 Å². The predicted octanol–water partition coefficient (Wildman–Crippen LogP) is 5.10. The van der Waals surface area contributed by atoms with Gasteiger partial charge in [0.25, 0.3) is 5.56 Å². The van der Waals surface area contributed by atoms with Crippen LogP contribution in [0.4, 0.5) is 0 Å². The summed E-state index contributed by atoms with van der Waals surface area (Å²) in [5.74, 6) is 1.32. The van der Waals surface area contributed by atoms with Gasteiger partial charge >= 0.3 is 0 Å². The van der Waals surface area contributed by atoms with Gasteiger partial charge in [0, 0.05) is 35.3 Å². The normalized spacial score (nSPS) is 11.9. The van der Waals surface area contributed by atoms with Crippen molar-refractivity contribution in [3.05, 3.63) is 105 Å². The molecule has 0 spiro atoms. The molecule has 2 aromatic carbocycles. The van der Waals surface area contributed by atoms with Crippen LogP contribution in [0.15, 0.2) is 84.0 Å². The van der Waals surface area contributed by atoms with Gasteiger partial charge in [-0.2, -0.15) is 14.6 Å². The Morgan fingerprint density at radius 3 is 2.67 bits per heavy atom. The fraction of sp³-hybridized carbons (Fsp3) is 0.167. The minimum Gasteiger partial charge on any atom is -0.494 e. The molecule has 0 aliphatic rings. The van der Waals surface area contributed by atoms with Gasteiger partial charge in [0.2, 0.25) is 4.96 Å². The summed E-state index contributed by atoms with van der Waals surface area (Å²) in [6.45, 7) is 4.89. The number of ether oxygens (including phenoxy) is 1. The molecule has 4 aromatic heterocycles. The number of nitrogens with zero attached hydrogens (tertiary/aromatic N) is 6. The van der Waals surface area contributed by atoms with Gasteiger partial charge in [0.1, 0.15) is 11.4 Å². The molecule has 0 aliphatic heterocycles. The maximum atomic E-state index is 13.3. The van der Waals surface area contributed by atoms with Gasteiger partial charge in [-0.3, -0.25) is 9.78 Å². The molecule has 194 valence electrons. The number of thiazole rings is 1. The first-order valence-electron chi connectivity index (χ1n) is 12.8. The Labute approximate surface area is 228 Å². The highest BCUT2D eigenvalue weighted by molar-refractivity contribution is 7.15. The fourth-order valence-electron chi connectivity index (χ4n) is 4.33. The quantitative estimate of drug-likeness (QED) is 0.253. The van der Waals surface area contributed by atoms with E-state index in [-0.39, 0.29) is 5.56 Å². The first kappa shape index (κ1) is 24.7. The van der Waals surface area contributed by atoms with Crippen LogP contribution in [0.25, 0.3) is 39.4 Å². The first-order chi connectivity index (χ1) is 19.1. The second-order valence-electron chi connectivity index (χ2n) is 9.18. The van der Waals surface area contributed by atoms with E-state index >= 15 is 0 Å². The molecule has 6 rings (SSSR count). The van der Waals surface area contributed by atoms with E-state index in [0.29, 0.717) is 21.9 Å². The van der Waals surface area contributed by atoms with Crippen LogP contribution >= 0.6 is 11.3 Å². The summed E-state index contributed by atoms with van der Waals surface area (Å²) in [6, 6.07) is 19.7. The Kier molecular flexibility index (Phi) is 6.73. The summed E-state index contributed by atoms with van der Waals surface area (Å²) in [4.78, 5) is 22.5. The monoisotopic (exact) mass is 534 g/mol. The molecule has 0 saturated carbocycles. The number of hydrogen-bond donors (Lipinski definition) is 0. The van der Waals surface area contributed by atoms with Gasteiger partial charge in [0.05, 0.1) is 16.8 Å². The zero-order chi connectivity index (χ0) is 26.8. The molecular weight excluding hydrogens is 508 g/mol. The van der Waals surface area contributed by atoms with Crippen LogP contribution in [-0.2, 0) is 0 Å². The van der Waals surface area contributed by atoms with Crippen molar-refractivity contribution in [2.45, 2.75) is 26.7 Å². The van der Waals surface area contributed by atoms with E-state index in [0.717, 1.165) is 52.2 Å². The maximum Gasteiger partial charge on any atom is 0.291 e. The Bertz CT molecular complexity index is 1860. The number of unbranched alkanes of at least 4 members (excludes halogenated alkanes) is 1. The molecule has 0 aliphatic carbocycles. The zero-order valence-electron chi connectivity index (χ0n) is 21.6. The van der Waals surface area contributed by atoms with E-state index < -0.39 is 0 Å². The van der Waals surface area contributed by atoms with E-state index in [9.17, 15) is 4.79 Å². The van der Waals surface area contributed by atoms with Gasteiger partial charge in [-0.1, -0.05) is 42.9 Å². The minimum atomic E-state index is -0.215. The number of para-hydroxylation sites is 1. The van der Waals surface area contributed by atoms with E-state index in [1.807, 2.05) is 77.6 Å². The molecule has 8 nitrogen and oxygen atoms in total. The van der Waals surface area contributed by atoms with E-state index in [1.165, 1.54) is 15.9 Å². The fourth-order valence-corrected chi connectivity index (χ4v) is 5.23. The van der Waals surface area contributed by atoms with Crippen molar-refractivity contribution < 1.29 is 4.74 Å². The maximum absolute atomic E-state index is 13.3. The van der Waals surface area contributed by atoms with Crippen LogP contribution in [0.2, 0.25) is 0 Å². The largest absolute Gasteiger partial charge is 0.494 e. The smallest absolute Gasteiger partial charge is 0.291 e. The minimum absolute atomic E-state index is 0.215. The van der Waals surface area contributed by atoms with Crippen LogP contribution in [0.5, 0.6) is 5.75 Å². The lowest BCUT2D eigenvalue weighted by atomic mass is 10.0. The highest BCUT2D eigenvalue weighted by Crippen LogP contribution is 2.30. The zero-order valence-corrected chi connectivity index (χ0v) is 22.4. The van der Waals surface area contributed by atoms with Crippen molar-refractivity contribution in [1.82, 2.24) is 29.4 Å². The standard InChI is InChI=1S/C30H26N6O2S/c1-3-4-15-38-24-12-13-25(20(2)16-24)27-22(19-35(33-27)23-10-6-5-7-11-23)17-26-29(37)36-30(39-26)32-28(34-36)21-9-8-14-31-18-21/h5-14,16-19H,3-4,15H2,1-2H3. The molecule has 4 heterocycles. The van der Waals surface area contributed by atoms with Gasteiger partial charge in [0.15, 0.2) is 5.82 Å².